The summed E-state index contributed by atoms with van der Waals surface area (Å²) in [6, 6.07) is -0.728. The molecule has 3 N–H and O–H groups in total. The van der Waals surface area contributed by atoms with Crippen molar-refractivity contribution >= 4 is 29.3 Å². The van der Waals surface area contributed by atoms with Gasteiger partial charge in [-0.15, -0.1) is 23.4 Å². The molecule has 0 aromatic carbocycles. The van der Waals surface area contributed by atoms with Gasteiger partial charge < -0.3 is 20.3 Å². The van der Waals surface area contributed by atoms with Crippen molar-refractivity contribution in [2.75, 3.05) is 19.8 Å². The van der Waals surface area contributed by atoms with Crippen LogP contribution in [0.3, 0.4) is 0 Å². The van der Waals surface area contributed by atoms with Crippen LogP contribution in [-0.2, 0) is 9.53 Å². The molecule has 0 saturated carbocycles. The second-order valence-corrected chi connectivity index (χ2v) is 10.7. The van der Waals surface area contributed by atoms with Crippen LogP contribution in [0.2, 0.25) is 0 Å². The SMILES string of the molecule is CCCC1CC(C(=O)NC(C(C)Cl)C2OC(SC)C(O)C(C(C)C)C2O)N(C)C1. The van der Waals surface area contributed by atoms with Crippen molar-refractivity contribution < 1.29 is 19.7 Å². The van der Waals surface area contributed by atoms with Gasteiger partial charge in [-0.3, -0.25) is 9.69 Å². The van der Waals surface area contributed by atoms with Gasteiger partial charge in [-0.05, 0) is 44.9 Å². The molecule has 2 heterocycles. The number of nitrogens with one attached hydrogen (secondary N) is 1. The molecule has 2 fully saturated rings. The van der Waals surface area contributed by atoms with Gasteiger partial charge in [0.1, 0.15) is 11.5 Å². The number of amides is 1. The standard InChI is InChI=1S/C21H39ClN2O4S/c1-7-8-13-9-14(24(5)10-13)20(27)23-16(12(4)22)19-17(25)15(11(2)3)18(26)21(28-19)29-6/h11-19,21,25-26H,7-10H2,1-6H3,(H,23,27). The predicted molar refractivity (Wildman–Crippen MR) is 119 cm³/mol. The summed E-state index contributed by atoms with van der Waals surface area (Å²) in [4.78, 5) is 15.2. The molecule has 9 unspecified atom stereocenters. The molecule has 0 spiro atoms. The second-order valence-electron chi connectivity index (χ2n) is 9.07. The van der Waals surface area contributed by atoms with Crippen LogP contribution in [0.4, 0.5) is 0 Å². The predicted octanol–water partition coefficient (Wildman–Crippen LogP) is 2.30. The van der Waals surface area contributed by atoms with Crippen molar-refractivity contribution in [3.63, 3.8) is 0 Å². The van der Waals surface area contributed by atoms with Crippen molar-refractivity contribution in [3.05, 3.63) is 0 Å². The first-order valence-electron chi connectivity index (χ1n) is 10.8. The number of carbonyl (C=O) groups is 1. The lowest BCUT2D eigenvalue weighted by Gasteiger charge is -2.47. The molecule has 2 rings (SSSR count). The van der Waals surface area contributed by atoms with Crippen molar-refractivity contribution in [1.29, 1.82) is 0 Å². The van der Waals surface area contributed by atoms with Gasteiger partial charge >= 0.3 is 0 Å². The fraction of sp³-hybridized carbons (Fsp3) is 0.952. The summed E-state index contributed by atoms with van der Waals surface area (Å²) in [6.07, 6.45) is 2.61. The molecule has 29 heavy (non-hydrogen) atoms. The molecular formula is C21H39ClN2O4S. The summed E-state index contributed by atoms with van der Waals surface area (Å²) in [5.74, 6) is 0.195. The first kappa shape index (κ1) is 25.2. The number of rotatable bonds is 8. The number of hydrogen-bond acceptors (Lipinski definition) is 6. The quantitative estimate of drug-likeness (QED) is 0.492. The molecule has 0 radical (unpaired) electrons. The van der Waals surface area contributed by atoms with Gasteiger partial charge in [0.2, 0.25) is 5.91 Å². The van der Waals surface area contributed by atoms with Crippen LogP contribution in [0, 0.1) is 17.8 Å². The fourth-order valence-electron chi connectivity index (χ4n) is 4.95. The molecule has 6 nitrogen and oxygen atoms in total. The highest BCUT2D eigenvalue weighted by Gasteiger charge is 2.49. The Hall–Kier alpha value is -0.0500. The Bertz CT molecular complexity index is 539. The highest BCUT2D eigenvalue weighted by Crippen LogP contribution is 2.37. The molecule has 0 bridgehead atoms. The van der Waals surface area contributed by atoms with Gasteiger partial charge in [0.05, 0.1) is 29.7 Å². The smallest absolute Gasteiger partial charge is 0.237 e. The maximum absolute atomic E-state index is 13.1. The number of ether oxygens (including phenoxy) is 1. The highest BCUT2D eigenvalue weighted by atomic mass is 35.5. The summed E-state index contributed by atoms with van der Waals surface area (Å²) in [7, 11) is 1.99. The van der Waals surface area contributed by atoms with E-state index in [1.807, 2.05) is 34.1 Å². The first-order chi connectivity index (χ1) is 13.6. The lowest BCUT2D eigenvalue weighted by Crippen LogP contribution is -2.64. The number of carbonyl (C=O) groups excluding carboxylic acids is 1. The largest absolute Gasteiger partial charge is 0.390 e. The molecule has 0 aromatic heterocycles. The van der Waals surface area contributed by atoms with Crippen LogP contribution in [-0.4, -0.2) is 82.1 Å². The van der Waals surface area contributed by atoms with E-state index in [1.54, 1.807) is 0 Å². The van der Waals surface area contributed by atoms with Crippen molar-refractivity contribution in [2.24, 2.45) is 17.8 Å². The Balaban J connectivity index is 2.16. The minimum atomic E-state index is -0.908. The average Bonchev–Trinajstić information content (AvgIpc) is 3.00. The number of aliphatic hydroxyl groups excluding tert-OH is 2. The minimum Gasteiger partial charge on any atom is -0.390 e. The van der Waals surface area contributed by atoms with Crippen molar-refractivity contribution in [3.8, 4) is 0 Å². The number of alkyl halides is 1. The number of nitrogens with zero attached hydrogens (tertiary/aromatic N) is 1. The lowest BCUT2D eigenvalue weighted by atomic mass is 9.79. The zero-order valence-corrected chi connectivity index (χ0v) is 20.1. The van der Waals surface area contributed by atoms with Crippen molar-refractivity contribution in [1.82, 2.24) is 10.2 Å². The van der Waals surface area contributed by atoms with Crippen LogP contribution in [0.5, 0.6) is 0 Å². The van der Waals surface area contributed by atoms with Crippen molar-refractivity contribution in [2.45, 2.75) is 88.2 Å². The summed E-state index contributed by atoms with van der Waals surface area (Å²) >= 11 is 7.89. The van der Waals surface area contributed by atoms with Gasteiger partial charge in [0.25, 0.3) is 0 Å². The molecule has 0 aromatic rings. The minimum absolute atomic E-state index is 0.0627. The Kier molecular flexibility index (Phi) is 9.57. The molecule has 2 aliphatic heterocycles. The third-order valence-corrected chi connectivity index (χ3v) is 7.62. The van der Waals surface area contributed by atoms with Crippen LogP contribution in [0.15, 0.2) is 0 Å². The summed E-state index contributed by atoms with van der Waals surface area (Å²) in [6.45, 7) is 8.87. The lowest BCUT2D eigenvalue weighted by molar-refractivity contribution is -0.190. The maximum atomic E-state index is 13.1. The molecule has 8 heteroatoms. The zero-order chi connectivity index (χ0) is 21.9. The Labute approximate surface area is 185 Å². The van der Waals surface area contributed by atoms with Crippen LogP contribution in [0.1, 0.15) is 47.0 Å². The van der Waals surface area contributed by atoms with Crippen LogP contribution < -0.4 is 5.32 Å². The van der Waals surface area contributed by atoms with Gasteiger partial charge in [-0.2, -0.15) is 0 Å². The van der Waals surface area contributed by atoms with E-state index < -0.39 is 35.2 Å². The van der Waals surface area contributed by atoms with E-state index in [0.717, 1.165) is 25.8 Å². The Morgan fingerprint density at radius 3 is 2.48 bits per heavy atom. The summed E-state index contributed by atoms with van der Waals surface area (Å²) in [5.41, 5.74) is -0.464. The summed E-state index contributed by atoms with van der Waals surface area (Å²) < 4.78 is 6.06. The van der Waals surface area contributed by atoms with E-state index in [2.05, 4.69) is 17.1 Å². The number of halogens is 1. The maximum Gasteiger partial charge on any atom is 0.237 e. The molecular weight excluding hydrogens is 412 g/mol. The Morgan fingerprint density at radius 1 is 1.31 bits per heavy atom. The fourth-order valence-corrected chi connectivity index (χ4v) is 5.85. The van der Waals surface area contributed by atoms with Gasteiger partial charge in [-0.25, -0.2) is 0 Å². The van der Waals surface area contributed by atoms with Crippen LogP contribution in [0.25, 0.3) is 0 Å². The van der Waals surface area contributed by atoms with E-state index >= 15 is 0 Å². The highest BCUT2D eigenvalue weighted by molar-refractivity contribution is 7.99. The number of aliphatic hydroxyl groups is 2. The van der Waals surface area contributed by atoms with Crippen LogP contribution >= 0.6 is 23.4 Å². The third-order valence-electron chi connectivity index (χ3n) is 6.49. The average molecular weight is 451 g/mol. The van der Waals surface area contributed by atoms with E-state index in [1.165, 1.54) is 11.8 Å². The van der Waals surface area contributed by atoms with Gasteiger partial charge in [0, 0.05) is 12.5 Å². The van der Waals surface area contributed by atoms with E-state index in [4.69, 9.17) is 16.3 Å². The molecule has 1 amide bonds. The van der Waals surface area contributed by atoms with Gasteiger partial charge in [0.15, 0.2) is 0 Å². The topological polar surface area (TPSA) is 82.0 Å². The monoisotopic (exact) mass is 450 g/mol. The van der Waals surface area contributed by atoms with E-state index in [-0.39, 0.29) is 23.8 Å². The molecule has 2 saturated heterocycles. The Morgan fingerprint density at radius 2 is 1.97 bits per heavy atom. The summed E-state index contributed by atoms with van der Waals surface area (Å²) in [5, 5.41) is 24.3. The second kappa shape index (κ2) is 11.0. The normalized spacial score (nSPS) is 38.2. The number of thioether (sulfide) groups is 1. The molecule has 2 aliphatic rings. The third kappa shape index (κ3) is 5.80. The zero-order valence-electron chi connectivity index (χ0n) is 18.5. The number of hydrogen-bond donors (Lipinski definition) is 3. The van der Waals surface area contributed by atoms with E-state index in [9.17, 15) is 15.0 Å². The molecule has 9 atom stereocenters. The molecule has 0 aliphatic carbocycles. The van der Waals surface area contributed by atoms with E-state index in [0.29, 0.717) is 5.92 Å². The number of likely N-dealkylation sites (tertiary alicyclic amines) is 1. The van der Waals surface area contributed by atoms with Gasteiger partial charge in [-0.1, -0.05) is 27.2 Å². The molecule has 170 valence electrons. The number of likely N-dealkylation sites (N-methyl/N-ethyl adjacent to an activating group) is 1. The first-order valence-corrected chi connectivity index (χ1v) is 12.5.